The van der Waals surface area contributed by atoms with Crippen molar-refractivity contribution in [2.75, 3.05) is 6.26 Å². The third-order valence-corrected chi connectivity index (χ3v) is 3.48. The molecule has 0 fully saturated rings. The van der Waals surface area contributed by atoms with Crippen LogP contribution in [0.15, 0.2) is 16.6 Å². The number of nitrogens with zero attached hydrogens (tertiary/aromatic N) is 3. The Hall–Kier alpha value is -1.62. The Bertz CT molecular complexity index is 610. The summed E-state index contributed by atoms with van der Waals surface area (Å²) >= 11 is 0. The largest absolute Gasteiger partial charge is 0.433 e. The van der Waals surface area contributed by atoms with Crippen LogP contribution in [0.5, 0.6) is 0 Å². The molecule has 1 unspecified atom stereocenters. The molecule has 0 N–H and O–H groups in total. The van der Waals surface area contributed by atoms with Gasteiger partial charge in [-0.05, 0) is 24.1 Å². The van der Waals surface area contributed by atoms with E-state index in [2.05, 4.69) is 9.35 Å². The molecular formula is C10H10F3N3OS. The van der Waals surface area contributed by atoms with Gasteiger partial charge in [-0.25, -0.2) is 4.21 Å². The molecule has 0 amide bonds. The summed E-state index contributed by atoms with van der Waals surface area (Å²) in [5.41, 5.74) is -0.293. The Morgan fingerprint density at radius 1 is 1.56 bits per heavy atom. The fourth-order valence-electron chi connectivity index (χ4n) is 1.30. The zero-order chi connectivity index (χ0) is 14.0. The molecule has 1 aromatic heterocycles. The zero-order valence-corrected chi connectivity index (χ0v) is 10.5. The zero-order valence-electron chi connectivity index (χ0n) is 9.65. The minimum atomic E-state index is -4.51. The van der Waals surface area contributed by atoms with E-state index in [1.54, 1.807) is 0 Å². The number of rotatable bonds is 2. The molecule has 98 valence electrons. The normalized spacial score (nSPS) is 14.7. The van der Waals surface area contributed by atoms with Gasteiger partial charge in [-0.2, -0.15) is 18.4 Å². The molecule has 0 aliphatic rings. The number of aryl methyl sites for hydroxylation is 1. The summed E-state index contributed by atoms with van der Waals surface area (Å²) in [6.45, 7) is 1.47. The molecule has 0 aliphatic carbocycles. The Labute approximate surface area is 103 Å². The molecule has 0 radical (unpaired) electrons. The molecule has 18 heavy (non-hydrogen) atoms. The van der Waals surface area contributed by atoms with E-state index in [9.17, 15) is 17.4 Å². The van der Waals surface area contributed by atoms with Crippen molar-refractivity contribution < 1.29 is 17.4 Å². The number of hydrogen-bond acceptors (Lipinski definition) is 4. The van der Waals surface area contributed by atoms with Gasteiger partial charge in [0.15, 0.2) is 0 Å². The first-order valence-corrected chi connectivity index (χ1v) is 6.85. The van der Waals surface area contributed by atoms with Crippen molar-refractivity contribution in [2.45, 2.75) is 18.9 Å². The maximum absolute atomic E-state index is 12.4. The smallest absolute Gasteiger partial charge is 0.251 e. The predicted molar refractivity (Wildman–Crippen MR) is 59.8 cm³/mol. The van der Waals surface area contributed by atoms with E-state index >= 15 is 0 Å². The first kappa shape index (κ1) is 14.4. The van der Waals surface area contributed by atoms with Gasteiger partial charge < -0.3 is 0 Å². The Morgan fingerprint density at radius 2 is 2.17 bits per heavy atom. The molecule has 0 saturated carbocycles. The van der Waals surface area contributed by atoms with Crippen molar-refractivity contribution >= 4 is 9.73 Å². The highest BCUT2D eigenvalue weighted by atomic mass is 32.2. The van der Waals surface area contributed by atoms with Crippen molar-refractivity contribution in [1.29, 1.82) is 5.26 Å². The van der Waals surface area contributed by atoms with E-state index in [1.807, 2.05) is 0 Å². The summed E-state index contributed by atoms with van der Waals surface area (Å²) in [5, 5.41) is 8.34. The van der Waals surface area contributed by atoms with Crippen LogP contribution in [0.3, 0.4) is 0 Å². The number of nitriles is 1. The van der Waals surface area contributed by atoms with Crippen molar-refractivity contribution in [3.05, 3.63) is 29.1 Å². The molecule has 4 nitrogen and oxygen atoms in total. The molecule has 0 aliphatic heterocycles. The number of pyridine rings is 1. The van der Waals surface area contributed by atoms with Crippen LogP contribution in [0.2, 0.25) is 0 Å². The third kappa shape index (κ3) is 3.70. The topological polar surface area (TPSA) is 66.1 Å². The average Bonchev–Trinajstić information content (AvgIpc) is 2.19. The highest BCUT2D eigenvalue weighted by Crippen LogP contribution is 2.28. The minimum absolute atomic E-state index is 0.0997. The van der Waals surface area contributed by atoms with Crippen molar-refractivity contribution in [2.24, 2.45) is 4.36 Å². The maximum atomic E-state index is 12.4. The van der Waals surface area contributed by atoms with Crippen LogP contribution in [0.25, 0.3) is 0 Å². The number of halogens is 3. The Morgan fingerprint density at radius 3 is 2.61 bits per heavy atom. The average molecular weight is 277 g/mol. The highest BCUT2D eigenvalue weighted by Gasteiger charge is 2.32. The summed E-state index contributed by atoms with van der Waals surface area (Å²) < 4.78 is 52.1. The van der Waals surface area contributed by atoms with E-state index in [-0.39, 0.29) is 5.75 Å². The first-order chi connectivity index (χ1) is 8.15. The van der Waals surface area contributed by atoms with Crippen LogP contribution in [-0.4, -0.2) is 15.4 Å². The van der Waals surface area contributed by atoms with Gasteiger partial charge in [0, 0.05) is 12.5 Å². The molecule has 1 rings (SSSR count). The quantitative estimate of drug-likeness (QED) is 0.780. The second-order valence-electron chi connectivity index (χ2n) is 3.79. The van der Waals surface area contributed by atoms with Gasteiger partial charge in [0.25, 0.3) is 0 Å². The van der Waals surface area contributed by atoms with E-state index in [4.69, 9.17) is 5.26 Å². The van der Waals surface area contributed by atoms with Crippen LogP contribution in [-0.2, 0) is 21.7 Å². The van der Waals surface area contributed by atoms with E-state index in [1.165, 1.54) is 19.4 Å². The summed E-state index contributed by atoms with van der Waals surface area (Å²) in [7, 11) is -2.76. The third-order valence-electron chi connectivity index (χ3n) is 2.17. The van der Waals surface area contributed by atoms with Crippen LogP contribution in [0, 0.1) is 18.4 Å². The lowest BCUT2D eigenvalue weighted by atomic mass is 10.1. The molecule has 0 spiro atoms. The molecule has 8 heteroatoms. The molecule has 0 saturated heterocycles. The van der Waals surface area contributed by atoms with Gasteiger partial charge in [-0.1, -0.05) is 0 Å². The minimum Gasteiger partial charge on any atom is -0.251 e. The number of hydrogen-bond donors (Lipinski definition) is 0. The fraction of sp³-hybridized carbons (Fsp3) is 0.400. The summed E-state index contributed by atoms with van der Waals surface area (Å²) in [6, 6.07) is 0.886. The first-order valence-electron chi connectivity index (χ1n) is 4.76. The monoisotopic (exact) mass is 277 g/mol. The molecular weight excluding hydrogens is 267 g/mol. The van der Waals surface area contributed by atoms with Crippen molar-refractivity contribution in [3.8, 4) is 6.19 Å². The SMILES string of the molecule is Cc1cc(C(F)(F)F)ncc1CS(C)(=O)=NC#N. The van der Waals surface area contributed by atoms with Gasteiger partial charge in [-0.15, -0.1) is 4.36 Å². The van der Waals surface area contributed by atoms with Crippen molar-refractivity contribution in [3.63, 3.8) is 0 Å². The summed E-state index contributed by atoms with van der Waals surface area (Å²) in [5.74, 6) is -0.0997. The summed E-state index contributed by atoms with van der Waals surface area (Å²) in [4.78, 5) is 3.28. The molecule has 0 aromatic carbocycles. The van der Waals surface area contributed by atoms with Crippen LogP contribution in [0.4, 0.5) is 13.2 Å². The number of aromatic nitrogens is 1. The lowest BCUT2D eigenvalue weighted by molar-refractivity contribution is -0.141. The Kier molecular flexibility index (Phi) is 3.96. The van der Waals surface area contributed by atoms with E-state index < -0.39 is 21.6 Å². The van der Waals surface area contributed by atoms with Crippen LogP contribution >= 0.6 is 0 Å². The van der Waals surface area contributed by atoms with Gasteiger partial charge >= 0.3 is 6.18 Å². The van der Waals surface area contributed by atoms with E-state index in [0.29, 0.717) is 11.1 Å². The highest BCUT2D eigenvalue weighted by molar-refractivity contribution is 7.92. The lowest BCUT2D eigenvalue weighted by Crippen LogP contribution is -2.10. The second kappa shape index (κ2) is 4.94. The molecule has 1 aromatic rings. The van der Waals surface area contributed by atoms with Gasteiger partial charge in [0.2, 0.25) is 6.19 Å². The molecule has 1 atom stereocenters. The van der Waals surface area contributed by atoms with Crippen LogP contribution in [0.1, 0.15) is 16.8 Å². The van der Waals surface area contributed by atoms with Gasteiger partial charge in [0.1, 0.15) is 5.69 Å². The Balaban J connectivity index is 3.13. The number of alkyl halides is 3. The summed E-state index contributed by atoms with van der Waals surface area (Å²) in [6.07, 6.45) is -0.780. The fourth-order valence-corrected chi connectivity index (χ4v) is 2.41. The predicted octanol–water partition coefficient (Wildman–Crippen LogP) is 2.49. The van der Waals surface area contributed by atoms with Gasteiger partial charge in [0.05, 0.1) is 15.5 Å². The second-order valence-corrected chi connectivity index (χ2v) is 6.18. The van der Waals surface area contributed by atoms with Gasteiger partial charge in [-0.3, -0.25) is 4.98 Å². The van der Waals surface area contributed by atoms with Crippen molar-refractivity contribution in [1.82, 2.24) is 4.98 Å². The standard InChI is InChI=1S/C10H10F3N3OS/c1-7-3-9(10(11,12)13)15-4-8(7)5-18(2,17)16-6-14/h3-4H,5H2,1-2H3. The van der Waals surface area contributed by atoms with Crippen LogP contribution < -0.4 is 0 Å². The molecule has 0 bridgehead atoms. The molecule has 1 heterocycles. The van der Waals surface area contributed by atoms with E-state index in [0.717, 1.165) is 12.3 Å². The lowest BCUT2D eigenvalue weighted by Gasteiger charge is -2.10. The maximum Gasteiger partial charge on any atom is 0.433 e.